The third-order valence-corrected chi connectivity index (χ3v) is 6.84. The van der Waals surface area contributed by atoms with E-state index in [-0.39, 0.29) is 41.9 Å². The van der Waals surface area contributed by atoms with E-state index in [4.69, 9.17) is 23.2 Å². The van der Waals surface area contributed by atoms with E-state index in [0.717, 1.165) is 30.5 Å². The zero-order chi connectivity index (χ0) is 21.6. The molecule has 3 aromatic carbocycles. The van der Waals surface area contributed by atoms with Crippen LogP contribution < -0.4 is 0 Å². The third-order valence-electron chi connectivity index (χ3n) is 4.50. The molecule has 0 unspecified atom stereocenters. The highest BCUT2D eigenvalue weighted by molar-refractivity contribution is 7.91. The van der Waals surface area contributed by atoms with Crippen LogP contribution in [0.15, 0.2) is 70.6 Å². The van der Waals surface area contributed by atoms with Crippen LogP contribution in [-0.2, 0) is 9.84 Å². The Morgan fingerprint density at radius 2 is 1.63 bits per heavy atom. The van der Waals surface area contributed by atoms with Gasteiger partial charge in [-0.3, -0.25) is 4.98 Å². The summed E-state index contributed by atoms with van der Waals surface area (Å²) in [5.41, 5.74) is 0.0595. The van der Waals surface area contributed by atoms with Gasteiger partial charge in [0.15, 0.2) is 5.82 Å². The largest absolute Gasteiger partial charge is 0.252 e. The van der Waals surface area contributed by atoms with E-state index in [9.17, 15) is 21.6 Å². The average molecular weight is 468 g/mol. The first kappa shape index (κ1) is 20.7. The molecule has 4 rings (SSSR count). The van der Waals surface area contributed by atoms with Gasteiger partial charge in [-0.1, -0.05) is 41.4 Å². The van der Waals surface area contributed by atoms with Gasteiger partial charge in [-0.2, -0.15) is 0 Å². The fourth-order valence-corrected chi connectivity index (χ4v) is 4.96. The van der Waals surface area contributed by atoms with Gasteiger partial charge < -0.3 is 0 Å². The molecule has 0 bridgehead atoms. The number of nitrogens with zero attached hydrogens (tertiary/aromatic N) is 1. The molecule has 0 spiro atoms. The van der Waals surface area contributed by atoms with Crippen molar-refractivity contribution >= 4 is 43.9 Å². The van der Waals surface area contributed by atoms with E-state index in [0.29, 0.717) is 0 Å². The number of aromatic nitrogens is 1. The van der Waals surface area contributed by atoms with Crippen molar-refractivity contribution in [3.05, 3.63) is 88.3 Å². The van der Waals surface area contributed by atoms with Crippen molar-refractivity contribution in [1.29, 1.82) is 0 Å². The first-order valence-corrected chi connectivity index (χ1v) is 10.7. The Morgan fingerprint density at radius 3 is 2.33 bits per heavy atom. The number of sulfone groups is 1. The van der Waals surface area contributed by atoms with E-state index in [2.05, 4.69) is 4.98 Å². The molecule has 152 valence electrons. The SMILES string of the molecule is O=S(=O)(c1ccc(F)c(Cl)c1)c1cnc2c(F)c(Cl)ccc2c1-c1cccc(F)c1. The Balaban J connectivity index is 2.11. The first-order valence-electron chi connectivity index (χ1n) is 8.43. The predicted octanol–water partition coefficient (Wildman–Crippen LogP) is 6.46. The van der Waals surface area contributed by atoms with Gasteiger partial charge in [-0.25, -0.2) is 21.6 Å². The highest BCUT2D eigenvalue weighted by atomic mass is 35.5. The summed E-state index contributed by atoms with van der Waals surface area (Å²) in [6.45, 7) is 0. The molecular weight excluding hydrogens is 458 g/mol. The molecule has 0 fully saturated rings. The van der Waals surface area contributed by atoms with Crippen molar-refractivity contribution in [3.8, 4) is 11.1 Å². The number of rotatable bonds is 3. The molecule has 4 aromatic rings. The quantitative estimate of drug-likeness (QED) is 0.325. The topological polar surface area (TPSA) is 47.0 Å². The standard InChI is InChI=1S/C21H10Cl2F3NO2S/c22-15-6-5-14-19(11-2-1-3-12(24)8-11)18(10-27-21(14)20(15)26)30(28,29)13-4-7-17(25)16(23)9-13/h1-10H. The molecule has 0 atom stereocenters. The van der Waals surface area contributed by atoms with E-state index < -0.39 is 27.3 Å². The molecule has 3 nitrogen and oxygen atoms in total. The van der Waals surface area contributed by atoms with Gasteiger partial charge in [0.05, 0.1) is 19.8 Å². The summed E-state index contributed by atoms with van der Waals surface area (Å²) in [6.07, 6.45) is 0.967. The van der Waals surface area contributed by atoms with E-state index >= 15 is 0 Å². The van der Waals surface area contributed by atoms with Gasteiger partial charge in [-0.05, 0) is 42.0 Å². The van der Waals surface area contributed by atoms with Gasteiger partial charge in [-0.15, -0.1) is 0 Å². The minimum atomic E-state index is -4.28. The van der Waals surface area contributed by atoms with E-state index in [1.807, 2.05) is 0 Å². The van der Waals surface area contributed by atoms with Gasteiger partial charge in [0.1, 0.15) is 17.2 Å². The molecule has 0 aliphatic heterocycles. The van der Waals surface area contributed by atoms with Gasteiger partial charge in [0.25, 0.3) is 0 Å². The lowest BCUT2D eigenvalue weighted by Gasteiger charge is -2.15. The normalized spacial score (nSPS) is 11.8. The minimum absolute atomic E-state index is 0.0375. The monoisotopic (exact) mass is 467 g/mol. The van der Waals surface area contributed by atoms with Crippen molar-refractivity contribution in [2.24, 2.45) is 0 Å². The van der Waals surface area contributed by atoms with Crippen LogP contribution in [0.25, 0.3) is 22.0 Å². The van der Waals surface area contributed by atoms with Gasteiger partial charge >= 0.3 is 0 Å². The second-order valence-corrected chi connectivity index (χ2v) is 9.08. The summed E-state index contributed by atoms with van der Waals surface area (Å²) in [4.78, 5) is 3.34. The lowest BCUT2D eigenvalue weighted by Crippen LogP contribution is -2.06. The maximum Gasteiger partial charge on any atom is 0.208 e. The van der Waals surface area contributed by atoms with Crippen LogP contribution in [0.1, 0.15) is 0 Å². The molecule has 0 N–H and O–H groups in total. The van der Waals surface area contributed by atoms with E-state index in [1.165, 1.54) is 30.3 Å². The third kappa shape index (κ3) is 3.43. The number of pyridine rings is 1. The predicted molar refractivity (Wildman–Crippen MR) is 109 cm³/mol. The molecular formula is C21H10Cl2F3NO2S. The van der Waals surface area contributed by atoms with Crippen LogP contribution in [0.2, 0.25) is 10.0 Å². The lowest BCUT2D eigenvalue weighted by molar-refractivity contribution is 0.594. The number of hydrogen-bond donors (Lipinski definition) is 0. The fourth-order valence-electron chi connectivity index (χ4n) is 3.10. The summed E-state index contributed by atoms with van der Waals surface area (Å²) in [5, 5.41) is -0.451. The van der Waals surface area contributed by atoms with Crippen molar-refractivity contribution in [2.75, 3.05) is 0 Å². The maximum atomic E-state index is 14.5. The Labute approximate surface area is 179 Å². The fraction of sp³-hybridized carbons (Fsp3) is 0. The summed E-state index contributed by atoms with van der Waals surface area (Å²) >= 11 is 11.6. The molecule has 0 aliphatic rings. The Bertz CT molecular complexity index is 1430. The zero-order valence-corrected chi connectivity index (χ0v) is 17.2. The molecule has 1 heterocycles. The lowest BCUT2D eigenvalue weighted by atomic mass is 10.0. The molecule has 0 aliphatic carbocycles. The van der Waals surface area contributed by atoms with Crippen LogP contribution >= 0.6 is 23.2 Å². The van der Waals surface area contributed by atoms with Crippen LogP contribution in [0.4, 0.5) is 13.2 Å². The van der Waals surface area contributed by atoms with Crippen LogP contribution in [-0.4, -0.2) is 13.4 Å². The number of halogens is 5. The number of fused-ring (bicyclic) bond motifs is 1. The maximum absolute atomic E-state index is 14.5. The average Bonchev–Trinajstić information content (AvgIpc) is 2.71. The van der Waals surface area contributed by atoms with Crippen molar-refractivity contribution in [2.45, 2.75) is 9.79 Å². The second-order valence-electron chi connectivity index (χ2n) is 6.34. The molecule has 1 aromatic heterocycles. The summed E-state index contributed by atoms with van der Waals surface area (Å²) in [6, 6.07) is 10.8. The first-order chi connectivity index (χ1) is 14.2. The van der Waals surface area contributed by atoms with Crippen LogP contribution in [0.5, 0.6) is 0 Å². The van der Waals surface area contributed by atoms with Gasteiger partial charge in [0.2, 0.25) is 9.84 Å². The van der Waals surface area contributed by atoms with Crippen molar-refractivity contribution in [3.63, 3.8) is 0 Å². The molecule has 0 saturated heterocycles. The number of benzene rings is 3. The van der Waals surface area contributed by atoms with Crippen LogP contribution in [0.3, 0.4) is 0 Å². The summed E-state index contributed by atoms with van der Waals surface area (Å²) < 4.78 is 68.7. The minimum Gasteiger partial charge on any atom is -0.252 e. The molecule has 0 radical (unpaired) electrons. The van der Waals surface area contributed by atoms with Gasteiger partial charge in [0, 0.05) is 17.1 Å². The highest BCUT2D eigenvalue weighted by Crippen LogP contribution is 2.38. The van der Waals surface area contributed by atoms with E-state index in [1.54, 1.807) is 0 Å². The molecule has 30 heavy (non-hydrogen) atoms. The Morgan fingerprint density at radius 1 is 0.867 bits per heavy atom. The summed E-state index contributed by atoms with van der Waals surface area (Å²) in [7, 11) is -4.28. The molecule has 9 heteroatoms. The summed E-state index contributed by atoms with van der Waals surface area (Å²) in [5.74, 6) is -2.23. The van der Waals surface area contributed by atoms with Crippen molar-refractivity contribution in [1.82, 2.24) is 4.98 Å². The smallest absolute Gasteiger partial charge is 0.208 e. The van der Waals surface area contributed by atoms with Crippen molar-refractivity contribution < 1.29 is 21.6 Å². The molecule has 0 saturated carbocycles. The molecule has 0 amide bonds. The second kappa shape index (κ2) is 7.58. The Kier molecular flexibility index (Phi) is 5.22. The highest BCUT2D eigenvalue weighted by Gasteiger charge is 2.26. The number of hydrogen-bond acceptors (Lipinski definition) is 3. The van der Waals surface area contributed by atoms with Crippen LogP contribution in [0, 0.1) is 17.5 Å². The Hall–Kier alpha value is -2.61. The zero-order valence-electron chi connectivity index (χ0n) is 14.8.